The third-order valence-electron chi connectivity index (χ3n) is 5.65. The summed E-state index contributed by atoms with van der Waals surface area (Å²) in [6.07, 6.45) is 1.51. The normalized spacial score (nSPS) is 11.1. The highest BCUT2D eigenvalue weighted by Gasteiger charge is 2.12. The Balaban J connectivity index is 1.31. The zero-order valence-electron chi connectivity index (χ0n) is 20.5. The van der Waals surface area contributed by atoms with Crippen molar-refractivity contribution in [1.82, 2.24) is 5.43 Å². The first-order valence-electron chi connectivity index (χ1n) is 11.8. The fourth-order valence-electron chi connectivity index (χ4n) is 3.79. The summed E-state index contributed by atoms with van der Waals surface area (Å²) in [5.41, 5.74) is 5.84. The summed E-state index contributed by atoms with van der Waals surface area (Å²) in [7, 11) is 0. The third-order valence-corrected chi connectivity index (χ3v) is 5.65. The topological polar surface area (TPSA) is 77.0 Å². The first-order chi connectivity index (χ1) is 17.4. The van der Waals surface area contributed by atoms with Crippen molar-refractivity contribution in [2.45, 2.75) is 26.7 Å². The number of amides is 1. The molecule has 36 heavy (non-hydrogen) atoms. The van der Waals surface area contributed by atoms with Crippen molar-refractivity contribution < 1.29 is 19.1 Å². The summed E-state index contributed by atoms with van der Waals surface area (Å²) in [6.45, 7) is 6.01. The van der Waals surface area contributed by atoms with Gasteiger partial charge in [0.1, 0.15) is 11.5 Å². The number of hydrogen-bond donors (Lipinski definition) is 1. The lowest BCUT2D eigenvalue weighted by Gasteiger charge is -2.14. The van der Waals surface area contributed by atoms with E-state index in [1.165, 1.54) is 6.21 Å². The van der Waals surface area contributed by atoms with Crippen molar-refractivity contribution in [3.05, 3.63) is 107 Å². The van der Waals surface area contributed by atoms with Gasteiger partial charge in [-0.3, -0.25) is 4.79 Å². The van der Waals surface area contributed by atoms with E-state index in [0.29, 0.717) is 17.1 Å². The van der Waals surface area contributed by atoms with Crippen LogP contribution in [0.3, 0.4) is 0 Å². The molecular weight excluding hydrogens is 452 g/mol. The Morgan fingerprint density at radius 2 is 1.69 bits per heavy atom. The number of ether oxygens (including phenoxy) is 2. The van der Waals surface area contributed by atoms with Gasteiger partial charge in [-0.2, -0.15) is 5.10 Å². The van der Waals surface area contributed by atoms with Gasteiger partial charge in [-0.05, 0) is 76.7 Å². The largest absolute Gasteiger partial charge is 0.483 e. The number of hydrazone groups is 1. The highest BCUT2D eigenvalue weighted by molar-refractivity contribution is 6.05. The number of rotatable bonds is 8. The number of benzene rings is 4. The molecule has 0 saturated heterocycles. The van der Waals surface area contributed by atoms with Crippen LogP contribution in [0, 0.1) is 6.92 Å². The standard InChI is InChI=1S/C30H28N2O4/c1-20(2)25-16-11-21(3)17-28(25)35-19-29(33)32-31-18-22-12-14-24(15-13-22)36-30(34)27-10-6-8-23-7-4-5-9-26(23)27/h4-18,20H,19H2,1-3H3,(H,32,33). The number of nitrogens with zero attached hydrogens (tertiary/aromatic N) is 1. The Morgan fingerprint density at radius 1 is 0.944 bits per heavy atom. The molecule has 0 heterocycles. The van der Waals surface area contributed by atoms with E-state index in [-0.39, 0.29) is 18.4 Å². The maximum absolute atomic E-state index is 12.7. The van der Waals surface area contributed by atoms with Gasteiger partial charge in [-0.15, -0.1) is 0 Å². The van der Waals surface area contributed by atoms with Crippen LogP contribution in [0.25, 0.3) is 10.8 Å². The maximum Gasteiger partial charge on any atom is 0.344 e. The van der Waals surface area contributed by atoms with E-state index in [9.17, 15) is 9.59 Å². The Kier molecular flexibility index (Phi) is 7.75. The average Bonchev–Trinajstić information content (AvgIpc) is 2.88. The number of hydrogen-bond acceptors (Lipinski definition) is 5. The number of esters is 1. The van der Waals surface area contributed by atoms with Crippen molar-refractivity contribution in [3.8, 4) is 11.5 Å². The first-order valence-corrected chi connectivity index (χ1v) is 11.8. The molecule has 0 aliphatic rings. The van der Waals surface area contributed by atoms with Gasteiger partial charge in [-0.25, -0.2) is 10.2 Å². The monoisotopic (exact) mass is 480 g/mol. The third kappa shape index (κ3) is 6.16. The highest BCUT2D eigenvalue weighted by Crippen LogP contribution is 2.27. The molecule has 0 saturated carbocycles. The molecule has 0 aromatic heterocycles. The SMILES string of the molecule is Cc1ccc(C(C)C)c(OCC(=O)NN=Cc2ccc(OC(=O)c3cccc4ccccc34)cc2)c1. The minimum atomic E-state index is -0.422. The molecule has 0 aliphatic carbocycles. The molecule has 0 bridgehead atoms. The molecule has 6 heteroatoms. The van der Waals surface area contributed by atoms with E-state index >= 15 is 0 Å². The van der Waals surface area contributed by atoms with E-state index in [2.05, 4.69) is 24.4 Å². The number of fused-ring (bicyclic) bond motifs is 1. The molecule has 4 rings (SSSR count). The summed E-state index contributed by atoms with van der Waals surface area (Å²) >= 11 is 0. The molecule has 4 aromatic rings. The van der Waals surface area contributed by atoms with Crippen LogP contribution in [0.4, 0.5) is 0 Å². The second kappa shape index (κ2) is 11.3. The van der Waals surface area contributed by atoms with Crippen molar-refractivity contribution in [2.24, 2.45) is 5.10 Å². The lowest BCUT2D eigenvalue weighted by Crippen LogP contribution is -2.25. The van der Waals surface area contributed by atoms with Crippen molar-refractivity contribution in [1.29, 1.82) is 0 Å². The molecule has 1 amide bonds. The molecule has 0 radical (unpaired) electrons. The lowest BCUT2D eigenvalue weighted by atomic mass is 10.0. The number of carbonyl (C=O) groups is 2. The number of aryl methyl sites for hydroxylation is 1. The summed E-state index contributed by atoms with van der Waals surface area (Å²) < 4.78 is 11.3. The van der Waals surface area contributed by atoms with Crippen LogP contribution in [0.5, 0.6) is 11.5 Å². The second-order valence-corrected chi connectivity index (χ2v) is 8.76. The molecule has 0 unspecified atom stereocenters. The van der Waals surface area contributed by atoms with E-state index in [1.807, 2.05) is 61.5 Å². The number of nitrogens with one attached hydrogen (secondary N) is 1. The minimum absolute atomic E-state index is 0.135. The van der Waals surface area contributed by atoms with Crippen LogP contribution in [0.15, 0.2) is 90.0 Å². The molecule has 182 valence electrons. The molecule has 0 spiro atoms. The van der Waals surface area contributed by atoms with E-state index < -0.39 is 5.97 Å². The first kappa shape index (κ1) is 24.7. The molecular formula is C30H28N2O4. The molecule has 4 aromatic carbocycles. The predicted octanol–water partition coefficient (Wildman–Crippen LogP) is 6.02. The smallest absolute Gasteiger partial charge is 0.344 e. The Labute approximate surface area is 210 Å². The molecule has 0 atom stereocenters. The van der Waals surface area contributed by atoms with Crippen LogP contribution in [-0.4, -0.2) is 24.7 Å². The van der Waals surface area contributed by atoms with Crippen molar-refractivity contribution >= 4 is 28.9 Å². The van der Waals surface area contributed by atoms with Gasteiger partial charge in [0.15, 0.2) is 6.61 Å². The van der Waals surface area contributed by atoms with Crippen molar-refractivity contribution in [3.63, 3.8) is 0 Å². The Morgan fingerprint density at radius 3 is 2.47 bits per heavy atom. The van der Waals surface area contributed by atoms with Crippen LogP contribution in [-0.2, 0) is 4.79 Å². The fourth-order valence-corrected chi connectivity index (χ4v) is 3.79. The van der Waals surface area contributed by atoms with Gasteiger partial charge in [0.25, 0.3) is 5.91 Å². The van der Waals surface area contributed by atoms with Crippen molar-refractivity contribution in [2.75, 3.05) is 6.61 Å². The molecule has 0 aliphatic heterocycles. The van der Waals surface area contributed by atoms with Gasteiger partial charge in [0.05, 0.1) is 11.8 Å². The van der Waals surface area contributed by atoms with Crippen LogP contribution < -0.4 is 14.9 Å². The molecule has 1 N–H and O–H groups in total. The summed E-state index contributed by atoms with van der Waals surface area (Å²) in [5, 5.41) is 5.81. The van der Waals surface area contributed by atoms with Crippen LogP contribution >= 0.6 is 0 Å². The van der Waals surface area contributed by atoms with Gasteiger partial charge < -0.3 is 9.47 Å². The quantitative estimate of drug-likeness (QED) is 0.145. The summed E-state index contributed by atoms with van der Waals surface area (Å²) in [6, 6.07) is 26.1. The maximum atomic E-state index is 12.7. The second-order valence-electron chi connectivity index (χ2n) is 8.76. The zero-order chi connectivity index (χ0) is 25.5. The van der Waals surface area contributed by atoms with E-state index in [0.717, 1.165) is 27.5 Å². The van der Waals surface area contributed by atoms with E-state index in [4.69, 9.17) is 9.47 Å². The Hall–Kier alpha value is -4.45. The van der Waals surface area contributed by atoms with Gasteiger partial charge in [0.2, 0.25) is 0 Å². The fraction of sp³-hybridized carbons (Fsp3) is 0.167. The highest BCUT2D eigenvalue weighted by atomic mass is 16.5. The lowest BCUT2D eigenvalue weighted by molar-refractivity contribution is -0.123. The Bertz CT molecular complexity index is 1400. The zero-order valence-corrected chi connectivity index (χ0v) is 20.5. The van der Waals surface area contributed by atoms with Gasteiger partial charge in [0, 0.05) is 0 Å². The summed E-state index contributed by atoms with van der Waals surface area (Å²) in [4.78, 5) is 24.9. The molecule has 6 nitrogen and oxygen atoms in total. The predicted molar refractivity (Wildman–Crippen MR) is 142 cm³/mol. The summed E-state index contributed by atoms with van der Waals surface area (Å²) in [5.74, 6) is 0.633. The van der Waals surface area contributed by atoms with E-state index in [1.54, 1.807) is 30.3 Å². The molecule has 0 fully saturated rings. The average molecular weight is 481 g/mol. The number of carbonyl (C=O) groups excluding carboxylic acids is 2. The van der Waals surface area contributed by atoms with Gasteiger partial charge >= 0.3 is 5.97 Å². The minimum Gasteiger partial charge on any atom is -0.483 e. The van der Waals surface area contributed by atoms with Crippen LogP contribution in [0.2, 0.25) is 0 Å². The van der Waals surface area contributed by atoms with Gasteiger partial charge in [-0.1, -0.05) is 62.4 Å². The van der Waals surface area contributed by atoms with Crippen LogP contribution in [0.1, 0.15) is 46.8 Å².